The summed E-state index contributed by atoms with van der Waals surface area (Å²) in [6, 6.07) is 12.8. The van der Waals surface area contributed by atoms with Crippen LogP contribution in [0.4, 0.5) is 0 Å². The number of amides is 3. The van der Waals surface area contributed by atoms with Crippen molar-refractivity contribution in [1.29, 1.82) is 0 Å². The fourth-order valence-electron chi connectivity index (χ4n) is 5.24. The summed E-state index contributed by atoms with van der Waals surface area (Å²) in [5, 5.41) is 7.58. The molecule has 5 rings (SSSR count). The van der Waals surface area contributed by atoms with Gasteiger partial charge in [-0.3, -0.25) is 29.4 Å². The number of aryl methyl sites for hydroxylation is 1. The maximum Gasteiger partial charge on any atom is 0.241 e. The number of hydrogen-bond donors (Lipinski definition) is 1. The highest BCUT2D eigenvalue weighted by Gasteiger charge is 2.53. The third kappa shape index (κ3) is 4.36. The van der Waals surface area contributed by atoms with Crippen LogP contribution in [0.25, 0.3) is 0 Å². The average Bonchev–Trinajstić information content (AvgIpc) is 3.39. The lowest BCUT2D eigenvalue weighted by molar-refractivity contribution is -0.143. The maximum absolute atomic E-state index is 13.8. The molecular weight excluding hydrogens is 442 g/mol. The number of pyridine rings is 1. The van der Waals surface area contributed by atoms with Gasteiger partial charge >= 0.3 is 0 Å². The largest absolute Gasteiger partial charge is 0.340 e. The van der Waals surface area contributed by atoms with Crippen molar-refractivity contribution in [2.75, 3.05) is 7.05 Å². The Morgan fingerprint density at radius 3 is 2.60 bits per heavy atom. The van der Waals surface area contributed by atoms with E-state index in [9.17, 15) is 14.4 Å². The predicted molar refractivity (Wildman–Crippen MR) is 129 cm³/mol. The molecule has 3 aromatic rings. The standard InChI is InChI=1S/C27H29N5O3/c1-31(18-23-21-9-5-6-10-22(21)29-30-23)24(33)15-27(20-7-3-2-4-8-20)16-25(34)32(26(27)35)17-19-11-13-28-14-12-19/h2-4,7-8,11-14H,5-6,9-10,15-18H2,1H3,(H,29,30)/t27-/m1/s1. The van der Waals surface area contributed by atoms with Crippen molar-refractivity contribution in [3.05, 3.63) is 82.9 Å². The van der Waals surface area contributed by atoms with Crippen molar-refractivity contribution in [3.63, 3.8) is 0 Å². The van der Waals surface area contributed by atoms with Crippen LogP contribution in [0.2, 0.25) is 0 Å². The number of carbonyl (C=O) groups is 3. The quantitative estimate of drug-likeness (QED) is 0.534. The zero-order chi connectivity index (χ0) is 24.4. The van der Waals surface area contributed by atoms with E-state index < -0.39 is 5.41 Å². The molecule has 0 spiro atoms. The van der Waals surface area contributed by atoms with E-state index in [2.05, 4.69) is 15.2 Å². The lowest BCUT2D eigenvalue weighted by atomic mass is 9.75. The molecule has 0 unspecified atom stereocenters. The first-order valence-corrected chi connectivity index (χ1v) is 12.1. The molecule has 35 heavy (non-hydrogen) atoms. The second-order valence-electron chi connectivity index (χ2n) is 9.53. The van der Waals surface area contributed by atoms with Gasteiger partial charge in [-0.05, 0) is 54.5 Å². The van der Waals surface area contributed by atoms with Gasteiger partial charge in [0.25, 0.3) is 0 Å². The van der Waals surface area contributed by atoms with Crippen molar-refractivity contribution in [2.24, 2.45) is 0 Å². The number of H-pyrrole nitrogens is 1. The topological polar surface area (TPSA) is 99.3 Å². The third-order valence-electron chi connectivity index (χ3n) is 7.23. The molecule has 1 aliphatic carbocycles. The number of nitrogens with zero attached hydrogens (tertiary/aromatic N) is 4. The summed E-state index contributed by atoms with van der Waals surface area (Å²) >= 11 is 0. The molecule has 0 radical (unpaired) electrons. The molecule has 1 aliphatic heterocycles. The Morgan fingerprint density at radius 2 is 1.83 bits per heavy atom. The summed E-state index contributed by atoms with van der Waals surface area (Å²) in [5.74, 6) is -0.787. The Hall–Kier alpha value is -3.81. The number of hydrogen-bond acceptors (Lipinski definition) is 5. The fourth-order valence-corrected chi connectivity index (χ4v) is 5.24. The maximum atomic E-state index is 13.8. The molecule has 180 valence electrons. The highest BCUT2D eigenvalue weighted by atomic mass is 16.2. The van der Waals surface area contributed by atoms with Gasteiger partial charge in [0.15, 0.2) is 0 Å². The van der Waals surface area contributed by atoms with Gasteiger partial charge in [-0.15, -0.1) is 0 Å². The van der Waals surface area contributed by atoms with Gasteiger partial charge in [-0.25, -0.2) is 0 Å². The van der Waals surface area contributed by atoms with Crippen LogP contribution in [0.3, 0.4) is 0 Å². The van der Waals surface area contributed by atoms with E-state index in [-0.39, 0.29) is 37.1 Å². The van der Waals surface area contributed by atoms with E-state index in [0.29, 0.717) is 12.1 Å². The van der Waals surface area contributed by atoms with Gasteiger partial charge in [0.05, 0.1) is 24.2 Å². The molecule has 3 heterocycles. The minimum atomic E-state index is -1.22. The van der Waals surface area contributed by atoms with E-state index >= 15 is 0 Å². The SMILES string of the molecule is CN(Cc1n[nH]c2c1CCCC2)C(=O)C[C@]1(c2ccccc2)CC(=O)N(Cc2ccncc2)C1=O. The van der Waals surface area contributed by atoms with Gasteiger partial charge in [0, 0.05) is 38.0 Å². The van der Waals surface area contributed by atoms with Crippen molar-refractivity contribution < 1.29 is 14.4 Å². The number of aromatic nitrogens is 3. The lowest BCUT2D eigenvalue weighted by Crippen LogP contribution is -2.42. The average molecular weight is 472 g/mol. The number of likely N-dealkylation sites (tertiary alicyclic amines) is 1. The van der Waals surface area contributed by atoms with Crippen molar-refractivity contribution >= 4 is 17.7 Å². The summed E-state index contributed by atoms with van der Waals surface area (Å²) in [6.45, 7) is 0.538. The van der Waals surface area contributed by atoms with E-state index in [1.54, 1.807) is 36.5 Å². The molecular formula is C27H29N5O3. The molecule has 8 nitrogen and oxygen atoms in total. The highest BCUT2D eigenvalue weighted by Crippen LogP contribution is 2.41. The minimum absolute atomic E-state index is 0.0295. The molecule has 2 aromatic heterocycles. The number of carbonyl (C=O) groups excluding carboxylic acids is 3. The minimum Gasteiger partial charge on any atom is -0.340 e. The van der Waals surface area contributed by atoms with E-state index in [0.717, 1.165) is 42.6 Å². The summed E-state index contributed by atoms with van der Waals surface area (Å²) in [7, 11) is 1.74. The molecule has 0 saturated carbocycles. The molecule has 1 aromatic carbocycles. The van der Waals surface area contributed by atoms with Gasteiger partial charge in [0.1, 0.15) is 0 Å². The third-order valence-corrected chi connectivity index (χ3v) is 7.23. The van der Waals surface area contributed by atoms with Crippen LogP contribution in [0, 0.1) is 0 Å². The van der Waals surface area contributed by atoms with Crippen LogP contribution in [-0.4, -0.2) is 49.8 Å². The smallest absolute Gasteiger partial charge is 0.241 e. The number of rotatable bonds is 7. The normalized spacial score (nSPS) is 19.6. The number of imide groups is 1. The van der Waals surface area contributed by atoms with Crippen molar-refractivity contribution in [3.8, 4) is 0 Å². The molecule has 1 N–H and O–H groups in total. The molecule has 1 atom stereocenters. The highest BCUT2D eigenvalue weighted by molar-refractivity contribution is 6.10. The summed E-state index contributed by atoms with van der Waals surface area (Å²) < 4.78 is 0. The zero-order valence-corrected chi connectivity index (χ0v) is 19.9. The molecule has 2 aliphatic rings. The molecule has 8 heteroatoms. The first-order chi connectivity index (χ1) is 17.0. The van der Waals surface area contributed by atoms with E-state index in [1.165, 1.54) is 10.5 Å². The van der Waals surface area contributed by atoms with Gasteiger partial charge in [-0.1, -0.05) is 30.3 Å². The first kappa shape index (κ1) is 23.0. The monoisotopic (exact) mass is 471 g/mol. The van der Waals surface area contributed by atoms with Crippen LogP contribution in [0.1, 0.15) is 53.8 Å². The second-order valence-corrected chi connectivity index (χ2v) is 9.53. The van der Waals surface area contributed by atoms with Gasteiger partial charge < -0.3 is 4.90 Å². The Kier molecular flexibility index (Phi) is 6.19. The van der Waals surface area contributed by atoms with E-state index in [4.69, 9.17) is 0 Å². The van der Waals surface area contributed by atoms with Crippen LogP contribution < -0.4 is 0 Å². The van der Waals surface area contributed by atoms with Crippen molar-refractivity contribution in [1.82, 2.24) is 25.0 Å². The zero-order valence-electron chi connectivity index (χ0n) is 19.9. The van der Waals surface area contributed by atoms with Crippen LogP contribution in [0.15, 0.2) is 54.9 Å². The fraction of sp³-hybridized carbons (Fsp3) is 0.370. The van der Waals surface area contributed by atoms with Crippen LogP contribution in [0.5, 0.6) is 0 Å². The molecule has 0 bridgehead atoms. The Bertz CT molecular complexity index is 1240. The number of benzene rings is 1. The van der Waals surface area contributed by atoms with Crippen LogP contribution in [-0.2, 0) is 45.7 Å². The molecule has 1 saturated heterocycles. The summed E-state index contributed by atoms with van der Waals surface area (Å²) in [6.07, 6.45) is 7.40. The Balaban J connectivity index is 1.40. The number of nitrogens with one attached hydrogen (secondary N) is 1. The molecule has 3 amide bonds. The second kappa shape index (κ2) is 9.44. The predicted octanol–water partition coefficient (Wildman–Crippen LogP) is 2.93. The Labute approximate surface area is 204 Å². The van der Waals surface area contributed by atoms with Gasteiger partial charge in [0.2, 0.25) is 17.7 Å². The number of aromatic amines is 1. The van der Waals surface area contributed by atoms with Crippen LogP contribution >= 0.6 is 0 Å². The molecule has 1 fully saturated rings. The van der Waals surface area contributed by atoms with E-state index in [1.807, 2.05) is 30.3 Å². The Morgan fingerprint density at radius 1 is 1.09 bits per heavy atom. The lowest BCUT2D eigenvalue weighted by Gasteiger charge is -2.29. The number of fused-ring (bicyclic) bond motifs is 1. The van der Waals surface area contributed by atoms with Gasteiger partial charge in [-0.2, -0.15) is 5.10 Å². The summed E-state index contributed by atoms with van der Waals surface area (Å²) in [5.41, 5.74) is 3.55. The van der Waals surface area contributed by atoms with Crippen molar-refractivity contribution in [2.45, 2.75) is 57.0 Å². The summed E-state index contributed by atoms with van der Waals surface area (Å²) in [4.78, 5) is 47.3. The first-order valence-electron chi connectivity index (χ1n) is 12.1.